The molecule has 104 valence electrons. The normalized spacial score (nSPS) is 16.1. The lowest BCUT2D eigenvalue weighted by molar-refractivity contribution is 0.378. The quantitative estimate of drug-likeness (QED) is 0.664. The van der Waals surface area contributed by atoms with Gasteiger partial charge in [0.1, 0.15) is 5.82 Å². The zero-order valence-corrected chi connectivity index (χ0v) is 11.6. The highest BCUT2D eigenvalue weighted by Crippen LogP contribution is 2.35. The van der Waals surface area contributed by atoms with E-state index in [9.17, 15) is 4.39 Å². The van der Waals surface area contributed by atoms with Crippen molar-refractivity contribution in [3.63, 3.8) is 0 Å². The van der Waals surface area contributed by atoms with Crippen LogP contribution in [0.2, 0.25) is 0 Å². The lowest BCUT2D eigenvalue weighted by atomic mass is 9.90. The predicted octanol–water partition coefficient (Wildman–Crippen LogP) is 3.05. The molecule has 1 unspecified atom stereocenters. The molecule has 1 atom stereocenters. The highest BCUT2D eigenvalue weighted by atomic mass is 19.1. The molecular formula is C17H19FN2. The van der Waals surface area contributed by atoms with Crippen LogP contribution >= 0.6 is 0 Å². The molecule has 2 aromatic rings. The van der Waals surface area contributed by atoms with E-state index in [4.69, 9.17) is 5.84 Å². The Bertz CT molecular complexity index is 579. The van der Waals surface area contributed by atoms with Gasteiger partial charge in [-0.1, -0.05) is 30.3 Å². The van der Waals surface area contributed by atoms with E-state index in [1.807, 2.05) is 13.0 Å². The van der Waals surface area contributed by atoms with Gasteiger partial charge in [0.25, 0.3) is 0 Å². The van der Waals surface area contributed by atoms with Crippen LogP contribution < -0.4 is 11.3 Å². The second-order valence-electron chi connectivity index (χ2n) is 5.64. The van der Waals surface area contributed by atoms with Crippen molar-refractivity contribution < 1.29 is 4.39 Å². The Morgan fingerprint density at radius 1 is 1.15 bits per heavy atom. The summed E-state index contributed by atoms with van der Waals surface area (Å²) in [6.45, 7) is 1.91. The lowest BCUT2D eigenvalue weighted by Gasteiger charge is -2.23. The topological polar surface area (TPSA) is 38.0 Å². The third kappa shape index (κ3) is 2.47. The van der Waals surface area contributed by atoms with Crippen molar-refractivity contribution in [1.29, 1.82) is 0 Å². The summed E-state index contributed by atoms with van der Waals surface area (Å²) in [4.78, 5) is 0. The smallest absolute Gasteiger partial charge is 0.123 e. The molecule has 2 nitrogen and oxygen atoms in total. The molecule has 2 aromatic carbocycles. The Hall–Kier alpha value is -1.71. The first-order chi connectivity index (χ1) is 9.67. The molecule has 0 saturated carbocycles. The summed E-state index contributed by atoms with van der Waals surface area (Å²) in [5.41, 5.74) is 7.50. The zero-order valence-electron chi connectivity index (χ0n) is 11.6. The Morgan fingerprint density at radius 3 is 2.35 bits per heavy atom. The van der Waals surface area contributed by atoms with Gasteiger partial charge in [-0.05, 0) is 60.1 Å². The summed E-state index contributed by atoms with van der Waals surface area (Å²) in [7, 11) is 0. The number of halogens is 1. The molecule has 3 rings (SSSR count). The van der Waals surface area contributed by atoms with Gasteiger partial charge in [0, 0.05) is 6.04 Å². The summed E-state index contributed by atoms with van der Waals surface area (Å²) in [5, 5.41) is 0. The van der Waals surface area contributed by atoms with E-state index in [1.165, 1.54) is 11.1 Å². The van der Waals surface area contributed by atoms with Crippen LogP contribution in [0.15, 0.2) is 42.5 Å². The monoisotopic (exact) mass is 270 g/mol. The number of benzene rings is 2. The van der Waals surface area contributed by atoms with E-state index >= 15 is 0 Å². The molecule has 1 aliphatic rings. The summed E-state index contributed by atoms with van der Waals surface area (Å²) < 4.78 is 13.6. The maximum Gasteiger partial charge on any atom is 0.123 e. The molecule has 0 saturated heterocycles. The molecule has 3 N–H and O–H groups in total. The molecule has 0 fully saturated rings. The maximum atomic E-state index is 13.6. The van der Waals surface area contributed by atoms with E-state index < -0.39 is 0 Å². The molecule has 0 spiro atoms. The fraction of sp³-hybridized carbons (Fsp3) is 0.294. The van der Waals surface area contributed by atoms with Gasteiger partial charge in [0.15, 0.2) is 0 Å². The molecule has 1 aliphatic carbocycles. The number of hydrogen-bond donors (Lipinski definition) is 2. The minimum atomic E-state index is -0.198. The second-order valence-corrected chi connectivity index (χ2v) is 5.64. The van der Waals surface area contributed by atoms with Crippen LogP contribution in [0.5, 0.6) is 0 Å². The fourth-order valence-electron chi connectivity index (χ4n) is 3.28. The summed E-state index contributed by atoms with van der Waals surface area (Å²) in [6, 6.07) is 13.6. The van der Waals surface area contributed by atoms with Gasteiger partial charge >= 0.3 is 0 Å². The minimum Gasteiger partial charge on any atom is -0.271 e. The molecule has 0 radical (unpaired) electrons. The van der Waals surface area contributed by atoms with E-state index in [1.54, 1.807) is 12.1 Å². The van der Waals surface area contributed by atoms with Crippen molar-refractivity contribution in [3.05, 3.63) is 70.5 Å². The van der Waals surface area contributed by atoms with Gasteiger partial charge in [-0.3, -0.25) is 11.3 Å². The first kappa shape index (κ1) is 13.3. The Balaban J connectivity index is 1.88. The van der Waals surface area contributed by atoms with Crippen LogP contribution in [0.25, 0.3) is 0 Å². The first-order valence-corrected chi connectivity index (χ1v) is 6.97. The SMILES string of the molecule is Cc1cc(F)cc(C(NN)C2Cc3ccccc3C2)c1. The molecule has 0 bridgehead atoms. The average Bonchev–Trinajstić information content (AvgIpc) is 2.81. The molecule has 0 aliphatic heterocycles. The van der Waals surface area contributed by atoms with Gasteiger partial charge in [-0.2, -0.15) is 0 Å². The van der Waals surface area contributed by atoms with Crippen molar-refractivity contribution in [1.82, 2.24) is 5.43 Å². The van der Waals surface area contributed by atoms with Gasteiger partial charge in [0.05, 0.1) is 0 Å². The first-order valence-electron chi connectivity index (χ1n) is 6.97. The molecule has 0 amide bonds. The molecule has 0 aromatic heterocycles. The van der Waals surface area contributed by atoms with Crippen LogP contribution in [0.1, 0.15) is 28.3 Å². The minimum absolute atomic E-state index is 0.0169. The number of hydrogen-bond acceptors (Lipinski definition) is 2. The Kier molecular flexibility index (Phi) is 3.55. The van der Waals surface area contributed by atoms with Gasteiger partial charge in [-0.25, -0.2) is 4.39 Å². The predicted molar refractivity (Wildman–Crippen MR) is 78.5 cm³/mol. The van der Waals surface area contributed by atoms with Crippen LogP contribution in [-0.4, -0.2) is 0 Å². The molecular weight excluding hydrogens is 251 g/mol. The van der Waals surface area contributed by atoms with E-state index in [2.05, 4.69) is 29.7 Å². The van der Waals surface area contributed by atoms with Crippen molar-refractivity contribution in [3.8, 4) is 0 Å². The average molecular weight is 270 g/mol. The number of nitrogens with one attached hydrogen (secondary N) is 1. The van der Waals surface area contributed by atoms with Crippen molar-refractivity contribution in [2.24, 2.45) is 11.8 Å². The van der Waals surface area contributed by atoms with E-state index in [0.717, 1.165) is 24.0 Å². The number of fused-ring (bicyclic) bond motifs is 1. The highest BCUT2D eigenvalue weighted by molar-refractivity contribution is 5.35. The fourth-order valence-corrected chi connectivity index (χ4v) is 3.28. The lowest BCUT2D eigenvalue weighted by Crippen LogP contribution is -2.34. The van der Waals surface area contributed by atoms with Crippen molar-refractivity contribution in [2.75, 3.05) is 0 Å². The third-order valence-corrected chi connectivity index (χ3v) is 4.16. The third-order valence-electron chi connectivity index (χ3n) is 4.16. The number of nitrogens with two attached hydrogens (primary N) is 1. The van der Waals surface area contributed by atoms with Gasteiger partial charge in [-0.15, -0.1) is 0 Å². The van der Waals surface area contributed by atoms with Crippen molar-refractivity contribution >= 4 is 0 Å². The number of hydrazine groups is 1. The highest BCUT2D eigenvalue weighted by Gasteiger charge is 2.29. The van der Waals surface area contributed by atoms with Gasteiger partial charge < -0.3 is 0 Å². The second kappa shape index (κ2) is 5.35. The van der Waals surface area contributed by atoms with E-state index in [-0.39, 0.29) is 11.9 Å². The van der Waals surface area contributed by atoms with Crippen LogP contribution in [0.4, 0.5) is 4.39 Å². The maximum absolute atomic E-state index is 13.6. The number of rotatable bonds is 3. The van der Waals surface area contributed by atoms with Gasteiger partial charge in [0.2, 0.25) is 0 Å². The van der Waals surface area contributed by atoms with Crippen LogP contribution in [-0.2, 0) is 12.8 Å². The molecule has 3 heteroatoms. The van der Waals surface area contributed by atoms with Crippen molar-refractivity contribution in [2.45, 2.75) is 25.8 Å². The zero-order chi connectivity index (χ0) is 14.1. The summed E-state index contributed by atoms with van der Waals surface area (Å²) in [6.07, 6.45) is 1.97. The van der Waals surface area contributed by atoms with Crippen LogP contribution in [0.3, 0.4) is 0 Å². The van der Waals surface area contributed by atoms with E-state index in [0.29, 0.717) is 5.92 Å². The van der Waals surface area contributed by atoms with Crippen LogP contribution in [0, 0.1) is 18.7 Å². The largest absolute Gasteiger partial charge is 0.271 e. The molecule has 0 heterocycles. The Morgan fingerprint density at radius 2 is 1.80 bits per heavy atom. The standard InChI is InChI=1S/C17H19FN2/c1-11-6-14(10-16(18)7-11)17(20-19)15-8-12-4-2-3-5-13(12)9-15/h2-7,10,15,17,20H,8-9,19H2,1H3. The Labute approximate surface area is 118 Å². The number of aryl methyl sites for hydroxylation is 1. The molecule has 20 heavy (non-hydrogen) atoms. The summed E-state index contributed by atoms with van der Waals surface area (Å²) >= 11 is 0. The summed E-state index contributed by atoms with van der Waals surface area (Å²) in [5.74, 6) is 5.92.